The van der Waals surface area contributed by atoms with Gasteiger partial charge in [0.15, 0.2) is 5.78 Å². The number of ketones is 1. The molecule has 0 radical (unpaired) electrons. The van der Waals surface area contributed by atoms with Crippen LogP contribution in [0.3, 0.4) is 0 Å². The molecule has 1 aromatic heterocycles. The first-order valence-corrected chi connectivity index (χ1v) is 12.5. The summed E-state index contributed by atoms with van der Waals surface area (Å²) in [6, 6.07) is 23.5. The quantitative estimate of drug-likeness (QED) is 0.267. The average molecular weight is 483 g/mol. The largest absolute Gasteiger partial charge is 0.497 e. The number of carbonyl (C=O) groups is 1. The van der Waals surface area contributed by atoms with E-state index in [1.807, 2.05) is 28.9 Å². The summed E-state index contributed by atoms with van der Waals surface area (Å²) in [4.78, 5) is 15.4. The molecule has 36 heavy (non-hydrogen) atoms. The van der Waals surface area contributed by atoms with Gasteiger partial charge in [0.2, 0.25) is 0 Å². The van der Waals surface area contributed by atoms with E-state index >= 15 is 0 Å². The molecule has 0 fully saturated rings. The number of carbonyl (C=O) groups excluding carboxylic acids is 1. The van der Waals surface area contributed by atoms with Gasteiger partial charge in [-0.15, -0.1) is 5.10 Å². The number of methoxy groups -OCH3 is 1. The third kappa shape index (κ3) is 5.89. The lowest BCUT2D eigenvalue weighted by molar-refractivity contribution is 0.103. The zero-order valence-corrected chi connectivity index (χ0v) is 21.6. The van der Waals surface area contributed by atoms with Gasteiger partial charge in [0.1, 0.15) is 5.75 Å². The molecule has 0 saturated heterocycles. The molecule has 0 saturated carbocycles. The van der Waals surface area contributed by atoms with Crippen molar-refractivity contribution in [1.29, 1.82) is 0 Å². The number of rotatable bonds is 11. The van der Waals surface area contributed by atoms with E-state index in [1.165, 1.54) is 11.1 Å². The highest BCUT2D eigenvalue weighted by Crippen LogP contribution is 2.25. The van der Waals surface area contributed by atoms with Crippen molar-refractivity contribution >= 4 is 5.78 Å². The van der Waals surface area contributed by atoms with Crippen molar-refractivity contribution < 1.29 is 9.53 Å². The molecule has 3 aromatic carbocycles. The Morgan fingerprint density at radius 1 is 0.889 bits per heavy atom. The van der Waals surface area contributed by atoms with Gasteiger partial charge < -0.3 is 9.64 Å². The molecule has 0 spiro atoms. The number of hydrogen-bond acceptors (Lipinski definition) is 5. The van der Waals surface area contributed by atoms with Crippen LogP contribution >= 0.6 is 0 Å². The number of nitrogens with zero attached hydrogens (tertiary/aromatic N) is 4. The Hall–Kier alpha value is -3.77. The van der Waals surface area contributed by atoms with Crippen LogP contribution in [0.5, 0.6) is 5.75 Å². The second kappa shape index (κ2) is 11.8. The minimum absolute atomic E-state index is 0.0164. The number of aromatic nitrogens is 3. The molecule has 0 N–H and O–H groups in total. The Morgan fingerprint density at radius 3 is 2.08 bits per heavy atom. The molecule has 6 heteroatoms. The van der Waals surface area contributed by atoms with Crippen molar-refractivity contribution in [2.75, 3.05) is 26.7 Å². The molecule has 0 aliphatic rings. The Kier molecular flexibility index (Phi) is 8.28. The van der Waals surface area contributed by atoms with E-state index in [0.717, 1.165) is 48.8 Å². The molecule has 186 valence electrons. The normalized spacial score (nSPS) is 11.1. The topological polar surface area (TPSA) is 60.2 Å². The van der Waals surface area contributed by atoms with Gasteiger partial charge in [-0.2, -0.15) is 0 Å². The van der Waals surface area contributed by atoms with Gasteiger partial charge in [-0.1, -0.05) is 73.2 Å². The smallest absolute Gasteiger partial charge is 0.193 e. The lowest BCUT2D eigenvalue weighted by Crippen LogP contribution is -2.25. The Bertz CT molecular complexity index is 1270. The fraction of sp³-hybridized carbons (Fsp3) is 0.300. The fourth-order valence-corrected chi connectivity index (χ4v) is 4.30. The maximum atomic E-state index is 13.0. The number of ether oxygens (including phenoxy) is 1. The minimum Gasteiger partial charge on any atom is -0.497 e. The minimum atomic E-state index is -0.0164. The highest BCUT2D eigenvalue weighted by molar-refractivity contribution is 6.09. The van der Waals surface area contributed by atoms with Crippen LogP contribution in [-0.2, 0) is 13.0 Å². The first kappa shape index (κ1) is 25.3. The van der Waals surface area contributed by atoms with E-state index in [2.05, 4.69) is 60.2 Å². The molecule has 0 amide bonds. The Balaban J connectivity index is 1.63. The summed E-state index contributed by atoms with van der Waals surface area (Å²) in [5, 5.41) is 9.11. The molecule has 0 aliphatic carbocycles. The SMILES string of the molecule is CCN(CC)CCc1nnn(Cc2ccc(C)cc2)c1-c1ccc(C(=O)c2ccc(OC)cc2)cc1. The monoisotopic (exact) mass is 482 g/mol. The van der Waals surface area contributed by atoms with Crippen LogP contribution in [0.15, 0.2) is 72.8 Å². The lowest BCUT2D eigenvalue weighted by atomic mass is 10.00. The summed E-state index contributed by atoms with van der Waals surface area (Å²) in [5.41, 5.74) is 6.67. The molecule has 6 nitrogen and oxygen atoms in total. The highest BCUT2D eigenvalue weighted by atomic mass is 16.5. The summed E-state index contributed by atoms with van der Waals surface area (Å²) in [6.07, 6.45) is 0.817. The maximum Gasteiger partial charge on any atom is 0.193 e. The van der Waals surface area contributed by atoms with Crippen LogP contribution in [0, 0.1) is 6.92 Å². The van der Waals surface area contributed by atoms with Crippen LogP contribution < -0.4 is 4.74 Å². The fourth-order valence-electron chi connectivity index (χ4n) is 4.30. The second-order valence-electron chi connectivity index (χ2n) is 8.94. The van der Waals surface area contributed by atoms with Gasteiger partial charge >= 0.3 is 0 Å². The zero-order valence-electron chi connectivity index (χ0n) is 21.6. The number of likely N-dealkylation sites (N-methyl/N-ethyl adjacent to an activating group) is 1. The highest BCUT2D eigenvalue weighted by Gasteiger charge is 2.17. The van der Waals surface area contributed by atoms with Crippen molar-refractivity contribution in [3.05, 3.63) is 101 Å². The van der Waals surface area contributed by atoms with Crippen LogP contribution in [0.4, 0.5) is 0 Å². The van der Waals surface area contributed by atoms with E-state index in [0.29, 0.717) is 17.7 Å². The molecule has 4 rings (SSSR count). The van der Waals surface area contributed by atoms with Crippen molar-refractivity contribution in [2.45, 2.75) is 33.7 Å². The summed E-state index contributed by atoms with van der Waals surface area (Å²) in [7, 11) is 1.62. The van der Waals surface area contributed by atoms with Gasteiger partial charge in [-0.05, 0) is 49.8 Å². The maximum absolute atomic E-state index is 13.0. The third-order valence-electron chi connectivity index (χ3n) is 6.59. The van der Waals surface area contributed by atoms with Crippen LogP contribution in [0.25, 0.3) is 11.3 Å². The number of benzene rings is 3. The third-order valence-corrected chi connectivity index (χ3v) is 6.59. The van der Waals surface area contributed by atoms with E-state index < -0.39 is 0 Å². The number of hydrogen-bond donors (Lipinski definition) is 0. The van der Waals surface area contributed by atoms with Gasteiger partial charge in [-0.3, -0.25) is 4.79 Å². The molecule has 0 bridgehead atoms. The van der Waals surface area contributed by atoms with Crippen molar-refractivity contribution in [3.8, 4) is 17.0 Å². The molecular weight excluding hydrogens is 448 g/mol. The molecule has 0 unspecified atom stereocenters. The molecule has 1 heterocycles. The number of aryl methyl sites for hydroxylation is 1. The Morgan fingerprint density at radius 2 is 1.50 bits per heavy atom. The molecular formula is C30H34N4O2. The second-order valence-corrected chi connectivity index (χ2v) is 8.94. The van der Waals surface area contributed by atoms with Crippen molar-refractivity contribution in [2.24, 2.45) is 0 Å². The predicted octanol–water partition coefficient (Wildman–Crippen LogP) is 5.43. The van der Waals surface area contributed by atoms with Crippen LogP contribution in [0.2, 0.25) is 0 Å². The van der Waals surface area contributed by atoms with Crippen LogP contribution in [0.1, 0.15) is 46.6 Å². The van der Waals surface area contributed by atoms with Crippen LogP contribution in [-0.4, -0.2) is 52.4 Å². The van der Waals surface area contributed by atoms with Gasteiger partial charge in [0, 0.05) is 29.7 Å². The average Bonchev–Trinajstić information content (AvgIpc) is 3.32. The molecule has 0 aliphatic heterocycles. The first-order valence-electron chi connectivity index (χ1n) is 12.5. The summed E-state index contributed by atoms with van der Waals surface area (Å²) < 4.78 is 7.18. The molecule has 4 aromatic rings. The Labute approximate surface area is 213 Å². The van der Waals surface area contributed by atoms with Crippen molar-refractivity contribution in [3.63, 3.8) is 0 Å². The molecule has 0 atom stereocenters. The summed E-state index contributed by atoms with van der Waals surface area (Å²) in [5.74, 6) is 0.714. The van der Waals surface area contributed by atoms with E-state index in [9.17, 15) is 4.79 Å². The van der Waals surface area contributed by atoms with E-state index in [-0.39, 0.29) is 5.78 Å². The van der Waals surface area contributed by atoms with E-state index in [4.69, 9.17) is 4.74 Å². The van der Waals surface area contributed by atoms with Crippen molar-refractivity contribution in [1.82, 2.24) is 19.9 Å². The zero-order chi connectivity index (χ0) is 25.5. The van der Waals surface area contributed by atoms with E-state index in [1.54, 1.807) is 31.4 Å². The first-order chi connectivity index (χ1) is 17.5. The predicted molar refractivity (Wildman–Crippen MR) is 144 cm³/mol. The lowest BCUT2D eigenvalue weighted by Gasteiger charge is -2.17. The standard InChI is InChI=1S/C30H34N4O2/c1-5-33(6-2)20-19-28-29(34(32-31-28)21-23-9-7-22(3)8-10-23)24-11-13-25(14-12-24)30(35)26-15-17-27(36-4)18-16-26/h7-18H,5-6,19-21H2,1-4H3. The van der Waals surface area contributed by atoms with Gasteiger partial charge in [0.05, 0.1) is 25.0 Å². The summed E-state index contributed by atoms with van der Waals surface area (Å²) in [6.45, 7) is 10.0. The van der Waals surface area contributed by atoms with Gasteiger partial charge in [0.25, 0.3) is 0 Å². The summed E-state index contributed by atoms with van der Waals surface area (Å²) >= 11 is 0. The van der Waals surface area contributed by atoms with Gasteiger partial charge in [-0.25, -0.2) is 4.68 Å².